The van der Waals surface area contributed by atoms with Crippen molar-refractivity contribution in [3.63, 3.8) is 0 Å². The van der Waals surface area contributed by atoms with E-state index in [-0.39, 0.29) is 11.9 Å². The summed E-state index contributed by atoms with van der Waals surface area (Å²) in [7, 11) is 1.62. The van der Waals surface area contributed by atoms with Gasteiger partial charge in [-0.1, -0.05) is 30.3 Å². The first-order valence-electron chi connectivity index (χ1n) is 7.40. The van der Waals surface area contributed by atoms with Crippen molar-refractivity contribution in [1.29, 1.82) is 0 Å². The van der Waals surface area contributed by atoms with Crippen molar-refractivity contribution in [1.82, 2.24) is 21.2 Å². The molecule has 1 heterocycles. The molecule has 1 aromatic carbocycles. The van der Waals surface area contributed by atoms with E-state index in [1.54, 1.807) is 7.11 Å². The Hall–Kier alpha value is -2.03. The van der Waals surface area contributed by atoms with Crippen LogP contribution >= 0.6 is 23.6 Å². The lowest BCUT2D eigenvalue weighted by Gasteiger charge is -2.16. The molecule has 128 valence electrons. The van der Waals surface area contributed by atoms with Crippen LogP contribution in [0.3, 0.4) is 0 Å². The molecule has 0 fully saturated rings. The van der Waals surface area contributed by atoms with Crippen LogP contribution < -0.4 is 16.2 Å². The number of carbonyl (C=O) groups is 1. The second-order valence-corrected chi connectivity index (χ2v) is 6.80. The second-order valence-electron chi connectivity index (χ2n) is 5.19. The van der Waals surface area contributed by atoms with Crippen LogP contribution in [0.4, 0.5) is 0 Å². The highest BCUT2D eigenvalue weighted by atomic mass is 32.1. The number of aryl methyl sites for hydroxylation is 1. The molecule has 0 unspecified atom stereocenters. The molecule has 8 heteroatoms. The molecule has 2 aromatic rings. The molecule has 2 rings (SSSR count). The Morgan fingerprint density at radius 1 is 1.33 bits per heavy atom. The molecule has 0 aliphatic heterocycles. The highest BCUT2D eigenvalue weighted by molar-refractivity contribution is 7.80. The Morgan fingerprint density at radius 2 is 2.04 bits per heavy atom. The third kappa shape index (κ3) is 4.98. The summed E-state index contributed by atoms with van der Waals surface area (Å²) in [6.07, 6.45) is 0. The maximum Gasteiger partial charge on any atom is 0.282 e. The normalized spacial score (nSPS) is 11.6. The van der Waals surface area contributed by atoms with Gasteiger partial charge in [0, 0.05) is 18.7 Å². The van der Waals surface area contributed by atoms with E-state index in [2.05, 4.69) is 21.2 Å². The van der Waals surface area contributed by atoms with E-state index < -0.39 is 0 Å². The van der Waals surface area contributed by atoms with E-state index in [4.69, 9.17) is 17.0 Å². The summed E-state index contributed by atoms with van der Waals surface area (Å²) in [6.45, 7) is 4.32. The zero-order valence-corrected chi connectivity index (χ0v) is 15.4. The number of thiazole rings is 1. The van der Waals surface area contributed by atoms with Crippen LogP contribution in [0.1, 0.15) is 21.6 Å². The molecule has 0 spiro atoms. The number of amides is 1. The standard InChI is InChI=1S/C16H20N4O2S2/c1-10(9-22-3)17-16(23)20-19-15(21)14-13(18-11(2)24-14)12-7-5-4-6-8-12/h4-8,10H,9H2,1-3H3,(H,19,21)(H2,17,20,23)/t10-/m0/s1. The van der Waals surface area contributed by atoms with Crippen molar-refractivity contribution in [3.05, 3.63) is 40.2 Å². The molecule has 1 amide bonds. The average Bonchev–Trinajstić information content (AvgIpc) is 2.95. The van der Waals surface area contributed by atoms with Gasteiger partial charge >= 0.3 is 0 Å². The summed E-state index contributed by atoms with van der Waals surface area (Å²) in [5.41, 5.74) is 6.88. The van der Waals surface area contributed by atoms with Crippen molar-refractivity contribution >= 4 is 34.6 Å². The Bertz CT molecular complexity index is 703. The van der Waals surface area contributed by atoms with Crippen LogP contribution in [0.5, 0.6) is 0 Å². The number of nitrogens with zero attached hydrogens (tertiary/aromatic N) is 1. The molecule has 6 nitrogen and oxygen atoms in total. The summed E-state index contributed by atoms with van der Waals surface area (Å²) in [5, 5.41) is 4.16. The number of thiocarbonyl (C=S) groups is 1. The van der Waals surface area contributed by atoms with Crippen LogP contribution in [0.15, 0.2) is 30.3 Å². The number of benzene rings is 1. The lowest BCUT2D eigenvalue weighted by molar-refractivity contribution is 0.0948. The Kier molecular flexibility index (Phi) is 6.65. The number of carbonyl (C=O) groups excluding carboxylic acids is 1. The van der Waals surface area contributed by atoms with Crippen molar-refractivity contribution in [2.24, 2.45) is 0 Å². The number of methoxy groups -OCH3 is 1. The van der Waals surface area contributed by atoms with Gasteiger partial charge in [-0.25, -0.2) is 4.98 Å². The minimum atomic E-state index is -0.275. The summed E-state index contributed by atoms with van der Waals surface area (Å²) in [5.74, 6) is -0.275. The summed E-state index contributed by atoms with van der Waals surface area (Å²) >= 11 is 6.48. The molecule has 0 radical (unpaired) electrons. The van der Waals surface area contributed by atoms with E-state index in [1.165, 1.54) is 11.3 Å². The quantitative estimate of drug-likeness (QED) is 0.558. The molecule has 1 atom stereocenters. The van der Waals surface area contributed by atoms with Crippen LogP contribution in [0.2, 0.25) is 0 Å². The lowest BCUT2D eigenvalue weighted by Crippen LogP contribution is -2.49. The fraction of sp³-hybridized carbons (Fsp3) is 0.312. The molecule has 0 saturated carbocycles. The number of hydrogen-bond acceptors (Lipinski definition) is 5. The Balaban J connectivity index is 2.02. The Labute approximate surface area is 150 Å². The number of ether oxygens (including phenoxy) is 1. The predicted octanol–water partition coefficient (Wildman–Crippen LogP) is 2.26. The zero-order chi connectivity index (χ0) is 17.5. The highest BCUT2D eigenvalue weighted by Gasteiger charge is 2.18. The van der Waals surface area contributed by atoms with Crippen LogP contribution in [-0.4, -0.2) is 35.8 Å². The molecule has 0 saturated heterocycles. The highest BCUT2D eigenvalue weighted by Crippen LogP contribution is 2.27. The van der Waals surface area contributed by atoms with Crippen molar-refractivity contribution in [2.75, 3.05) is 13.7 Å². The molecule has 0 aliphatic carbocycles. The predicted molar refractivity (Wildman–Crippen MR) is 100.0 cm³/mol. The van der Waals surface area contributed by atoms with Gasteiger partial charge < -0.3 is 10.1 Å². The third-order valence-electron chi connectivity index (χ3n) is 3.07. The van der Waals surface area contributed by atoms with Gasteiger partial charge in [0.05, 0.1) is 17.3 Å². The SMILES string of the molecule is COC[C@H](C)NC(=S)NNC(=O)c1sc(C)nc1-c1ccccc1. The van der Waals surface area contributed by atoms with Crippen LogP contribution in [0.25, 0.3) is 11.3 Å². The van der Waals surface area contributed by atoms with Gasteiger partial charge in [-0.15, -0.1) is 11.3 Å². The topological polar surface area (TPSA) is 75.3 Å². The minimum absolute atomic E-state index is 0.0393. The molecular formula is C16H20N4O2S2. The number of aromatic nitrogens is 1. The van der Waals surface area contributed by atoms with Gasteiger partial charge in [-0.05, 0) is 26.1 Å². The summed E-state index contributed by atoms with van der Waals surface area (Å²) in [6, 6.07) is 9.65. The van der Waals surface area contributed by atoms with Crippen molar-refractivity contribution in [2.45, 2.75) is 19.9 Å². The van der Waals surface area contributed by atoms with Crippen molar-refractivity contribution in [3.8, 4) is 11.3 Å². The van der Waals surface area contributed by atoms with Crippen LogP contribution in [0, 0.1) is 6.92 Å². The van der Waals surface area contributed by atoms with Crippen molar-refractivity contribution < 1.29 is 9.53 Å². The lowest BCUT2D eigenvalue weighted by atomic mass is 10.1. The molecule has 1 aromatic heterocycles. The van der Waals surface area contributed by atoms with Gasteiger partial charge in [0.2, 0.25) is 0 Å². The summed E-state index contributed by atoms with van der Waals surface area (Å²) in [4.78, 5) is 17.5. The van der Waals surface area contributed by atoms with E-state index in [1.807, 2.05) is 44.2 Å². The van der Waals surface area contributed by atoms with Gasteiger partial charge in [-0.3, -0.25) is 15.6 Å². The summed E-state index contributed by atoms with van der Waals surface area (Å²) < 4.78 is 5.02. The average molecular weight is 364 g/mol. The maximum atomic E-state index is 12.5. The van der Waals surface area contributed by atoms with E-state index >= 15 is 0 Å². The van der Waals surface area contributed by atoms with E-state index in [0.29, 0.717) is 22.3 Å². The fourth-order valence-corrected chi connectivity index (χ4v) is 3.18. The smallest absolute Gasteiger partial charge is 0.282 e. The van der Waals surface area contributed by atoms with E-state index in [9.17, 15) is 4.79 Å². The zero-order valence-electron chi connectivity index (χ0n) is 13.8. The number of rotatable bonds is 5. The molecular weight excluding hydrogens is 344 g/mol. The van der Waals surface area contributed by atoms with Crippen LogP contribution in [-0.2, 0) is 4.74 Å². The fourth-order valence-electron chi connectivity index (χ4n) is 2.09. The number of hydrogen-bond donors (Lipinski definition) is 3. The molecule has 24 heavy (non-hydrogen) atoms. The third-order valence-corrected chi connectivity index (χ3v) is 4.26. The van der Waals surface area contributed by atoms with Gasteiger partial charge in [0.1, 0.15) is 4.88 Å². The van der Waals surface area contributed by atoms with Gasteiger partial charge in [0.25, 0.3) is 5.91 Å². The van der Waals surface area contributed by atoms with E-state index in [0.717, 1.165) is 10.6 Å². The first kappa shape index (κ1) is 18.3. The minimum Gasteiger partial charge on any atom is -0.383 e. The monoisotopic (exact) mass is 364 g/mol. The maximum absolute atomic E-state index is 12.5. The number of hydrazine groups is 1. The molecule has 3 N–H and O–H groups in total. The Morgan fingerprint density at radius 3 is 2.71 bits per heavy atom. The molecule has 0 aliphatic rings. The first-order valence-corrected chi connectivity index (χ1v) is 8.62. The second kappa shape index (κ2) is 8.72. The van der Waals surface area contributed by atoms with Gasteiger partial charge in [0.15, 0.2) is 5.11 Å². The molecule has 0 bridgehead atoms. The largest absolute Gasteiger partial charge is 0.383 e. The first-order chi connectivity index (χ1) is 11.5. The number of nitrogens with one attached hydrogen (secondary N) is 3. The van der Waals surface area contributed by atoms with Gasteiger partial charge in [-0.2, -0.15) is 0 Å².